The fourth-order valence-electron chi connectivity index (χ4n) is 4.49. The van der Waals surface area contributed by atoms with E-state index in [9.17, 15) is 9.18 Å². The number of fused-ring (bicyclic) bond motifs is 1. The van der Waals surface area contributed by atoms with Gasteiger partial charge in [0.15, 0.2) is 11.3 Å². The number of piperazine rings is 1. The van der Waals surface area contributed by atoms with Gasteiger partial charge in [0.1, 0.15) is 17.3 Å². The molecular formula is C25H27FN8O2. The van der Waals surface area contributed by atoms with Crippen LogP contribution in [0.3, 0.4) is 0 Å². The van der Waals surface area contributed by atoms with Crippen molar-refractivity contribution in [1.82, 2.24) is 34.8 Å². The third kappa shape index (κ3) is 4.37. The number of hydrogen-bond donors (Lipinski definition) is 1. The van der Waals surface area contributed by atoms with Crippen molar-refractivity contribution in [3.8, 4) is 17.3 Å². The van der Waals surface area contributed by atoms with Crippen molar-refractivity contribution < 1.29 is 13.9 Å². The van der Waals surface area contributed by atoms with Gasteiger partial charge in [-0.3, -0.25) is 9.78 Å². The number of amides is 1. The molecule has 0 bridgehead atoms. The van der Waals surface area contributed by atoms with E-state index in [1.54, 1.807) is 17.2 Å². The van der Waals surface area contributed by atoms with Crippen molar-refractivity contribution in [3.63, 3.8) is 0 Å². The Balaban J connectivity index is 1.47. The van der Waals surface area contributed by atoms with Crippen molar-refractivity contribution in [1.29, 1.82) is 0 Å². The number of pyridine rings is 2. The normalized spacial score (nSPS) is 14.2. The third-order valence-electron chi connectivity index (χ3n) is 6.12. The highest BCUT2D eigenvalue weighted by Crippen LogP contribution is 2.31. The highest BCUT2D eigenvalue weighted by Gasteiger charge is 2.21. The number of aromatic nitrogens is 6. The molecular weight excluding hydrogens is 463 g/mol. The Morgan fingerprint density at radius 2 is 2.00 bits per heavy atom. The van der Waals surface area contributed by atoms with Crippen LogP contribution in [0.2, 0.25) is 0 Å². The fourth-order valence-corrected chi connectivity index (χ4v) is 4.49. The summed E-state index contributed by atoms with van der Waals surface area (Å²) in [6.45, 7) is 7.68. The monoisotopic (exact) mass is 490 g/mol. The molecule has 4 aromatic rings. The molecule has 1 aliphatic heterocycles. The highest BCUT2D eigenvalue weighted by atomic mass is 19.1. The Hall–Kier alpha value is -3.99. The second kappa shape index (κ2) is 9.57. The SMILES string of the molecule is COc1nc(-c2nc(Cc3ccc(N4CCNCC4=O)cn3)ncc2F)cc2c1nc(C)n2C(C)C. The molecule has 10 nitrogen and oxygen atoms in total. The molecule has 11 heteroatoms. The molecule has 1 fully saturated rings. The summed E-state index contributed by atoms with van der Waals surface area (Å²) in [5, 5.41) is 3.05. The molecule has 5 rings (SSSR count). The van der Waals surface area contributed by atoms with Crippen LogP contribution in [0.15, 0.2) is 30.6 Å². The van der Waals surface area contributed by atoms with Crippen LogP contribution in [0.1, 0.15) is 37.2 Å². The quantitative estimate of drug-likeness (QED) is 0.439. The first-order chi connectivity index (χ1) is 17.4. The molecule has 4 aromatic heterocycles. The number of anilines is 1. The van der Waals surface area contributed by atoms with E-state index in [-0.39, 0.29) is 17.6 Å². The van der Waals surface area contributed by atoms with Crippen LogP contribution in [0, 0.1) is 12.7 Å². The Morgan fingerprint density at radius 1 is 1.17 bits per heavy atom. The van der Waals surface area contributed by atoms with Crippen LogP contribution in [0.25, 0.3) is 22.4 Å². The third-order valence-corrected chi connectivity index (χ3v) is 6.12. The van der Waals surface area contributed by atoms with Gasteiger partial charge in [0.05, 0.1) is 49.4 Å². The van der Waals surface area contributed by atoms with Crippen LogP contribution in [-0.2, 0) is 11.2 Å². The van der Waals surface area contributed by atoms with Crippen LogP contribution < -0.4 is 15.0 Å². The number of methoxy groups -OCH3 is 1. The summed E-state index contributed by atoms with van der Waals surface area (Å²) in [4.78, 5) is 36.0. The Morgan fingerprint density at radius 3 is 2.69 bits per heavy atom. The smallest absolute Gasteiger partial charge is 0.242 e. The summed E-state index contributed by atoms with van der Waals surface area (Å²) >= 11 is 0. The minimum Gasteiger partial charge on any atom is -0.479 e. The molecule has 186 valence electrons. The van der Waals surface area contributed by atoms with Gasteiger partial charge in [0.25, 0.3) is 0 Å². The molecule has 0 aliphatic carbocycles. The van der Waals surface area contributed by atoms with E-state index in [0.29, 0.717) is 48.1 Å². The number of halogens is 1. The van der Waals surface area contributed by atoms with Crippen molar-refractivity contribution in [2.75, 3.05) is 31.6 Å². The topological polar surface area (TPSA) is 111 Å². The second-order valence-electron chi connectivity index (χ2n) is 8.90. The lowest BCUT2D eigenvalue weighted by Gasteiger charge is -2.27. The molecule has 0 aromatic carbocycles. The van der Waals surface area contributed by atoms with Gasteiger partial charge in [0.2, 0.25) is 11.8 Å². The summed E-state index contributed by atoms with van der Waals surface area (Å²) < 4.78 is 22.4. The predicted molar refractivity (Wildman–Crippen MR) is 132 cm³/mol. The standard InChI is InChI=1S/C25H27FN8O2/c1-14(2)34-15(3)30-24-20(34)10-19(31-25(24)36-4)23-18(26)12-29-21(32-23)9-16-5-6-17(11-28-16)33-8-7-27-13-22(33)35/h5-6,10-12,14,27H,7-9,13H2,1-4H3. The first-order valence-electron chi connectivity index (χ1n) is 11.8. The number of nitrogens with one attached hydrogen (secondary N) is 1. The van der Waals surface area contributed by atoms with E-state index in [1.165, 1.54) is 7.11 Å². The van der Waals surface area contributed by atoms with E-state index in [4.69, 9.17) is 4.74 Å². The molecule has 1 saturated heterocycles. The summed E-state index contributed by atoms with van der Waals surface area (Å²) in [5.41, 5.74) is 3.28. The second-order valence-corrected chi connectivity index (χ2v) is 8.90. The zero-order chi connectivity index (χ0) is 25.4. The summed E-state index contributed by atoms with van der Waals surface area (Å²) in [6.07, 6.45) is 3.11. The van der Waals surface area contributed by atoms with Gasteiger partial charge >= 0.3 is 0 Å². The average Bonchev–Trinajstić information content (AvgIpc) is 3.21. The van der Waals surface area contributed by atoms with Crippen molar-refractivity contribution in [2.24, 2.45) is 0 Å². The lowest BCUT2D eigenvalue weighted by Crippen LogP contribution is -2.48. The summed E-state index contributed by atoms with van der Waals surface area (Å²) in [6, 6.07) is 5.61. The van der Waals surface area contributed by atoms with E-state index in [1.807, 2.05) is 19.1 Å². The predicted octanol–water partition coefficient (Wildman–Crippen LogP) is 2.85. The van der Waals surface area contributed by atoms with Crippen molar-refractivity contribution in [2.45, 2.75) is 33.2 Å². The Bertz CT molecular complexity index is 1430. The van der Waals surface area contributed by atoms with Gasteiger partial charge in [-0.2, -0.15) is 0 Å². The van der Waals surface area contributed by atoms with Crippen LogP contribution >= 0.6 is 0 Å². The number of nitrogens with zero attached hydrogens (tertiary/aromatic N) is 7. The molecule has 0 radical (unpaired) electrons. The number of carbonyl (C=O) groups excluding carboxylic acids is 1. The molecule has 1 N–H and O–H groups in total. The minimum atomic E-state index is -0.583. The van der Waals surface area contributed by atoms with Crippen LogP contribution in [-0.4, -0.2) is 62.1 Å². The molecule has 0 unspecified atom stereocenters. The fraction of sp³-hybridized carbons (Fsp3) is 0.360. The maximum Gasteiger partial charge on any atom is 0.242 e. The Kier molecular flexibility index (Phi) is 6.31. The number of aryl methyl sites for hydroxylation is 1. The van der Waals surface area contributed by atoms with E-state index in [2.05, 4.69) is 48.7 Å². The Labute approximate surface area is 207 Å². The average molecular weight is 491 g/mol. The number of imidazole rings is 1. The number of ether oxygens (including phenoxy) is 1. The lowest BCUT2D eigenvalue weighted by molar-refractivity contribution is -0.118. The van der Waals surface area contributed by atoms with Crippen molar-refractivity contribution in [3.05, 3.63) is 53.8 Å². The van der Waals surface area contributed by atoms with E-state index < -0.39 is 5.82 Å². The number of carbonyl (C=O) groups is 1. The lowest BCUT2D eigenvalue weighted by atomic mass is 10.2. The maximum absolute atomic E-state index is 14.9. The van der Waals surface area contributed by atoms with Gasteiger partial charge in [0, 0.05) is 24.8 Å². The minimum absolute atomic E-state index is 0.0104. The molecule has 36 heavy (non-hydrogen) atoms. The van der Waals surface area contributed by atoms with E-state index >= 15 is 0 Å². The molecule has 5 heterocycles. The summed E-state index contributed by atoms with van der Waals surface area (Å²) in [7, 11) is 1.51. The zero-order valence-corrected chi connectivity index (χ0v) is 20.6. The first kappa shape index (κ1) is 23.7. The zero-order valence-electron chi connectivity index (χ0n) is 20.6. The largest absolute Gasteiger partial charge is 0.479 e. The van der Waals surface area contributed by atoms with Gasteiger partial charge in [-0.25, -0.2) is 24.3 Å². The summed E-state index contributed by atoms with van der Waals surface area (Å²) in [5.74, 6) is 0.957. The van der Waals surface area contributed by atoms with Gasteiger partial charge < -0.3 is 19.5 Å². The molecule has 1 aliphatic rings. The number of rotatable bonds is 6. The van der Waals surface area contributed by atoms with Gasteiger partial charge in [-0.1, -0.05) is 0 Å². The molecule has 0 spiro atoms. The van der Waals surface area contributed by atoms with Crippen LogP contribution in [0.4, 0.5) is 10.1 Å². The highest BCUT2D eigenvalue weighted by molar-refractivity contribution is 5.95. The van der Waals surface area contributed by atoms with Gasteiger partial charge in [-0.05, 0) is 39.0 Å². The van der Waals surface area contributed by atoms with Crippen LogP contribution in [0.5, 0.6) is 5.88 Å². The number of hydrogen-bond acceptors (Lipinski definition) is 8. The molecule has 0 saturated carbocycles. The van der Waals surface area contributed by atoms with Gasteiger partial charge in [-0.15, -0.1) is 0 Å². The first-order valence-corrected chi connectivity index (χ1v) is 11.8. The molecule has 1 amide bonds. The van der Waals surface area contributed by atoms with E-state index in [0.717, 1.165) is 29.8 Å². The maximum atomic E-state index is 14.9. The van der Waals surface area contributed by atoms with Crippen molar-refractivity contribution >= 4 is 22.6 Å². The molecule has 0 atom stereocenters.